The zero-order valence-corrected chi connectivity index (χ0v) is 9.97. The van der Waals surface area contributed by atoms with E-state index in [-0.39, 0.29) is 0 Å². The van der Waals surface area contributed by atoms with Gasteiger partial charge in [0.1, 0.15) is 12.1 Å². The summed E-state index contributed by atoms with van der Waals surface area (Å²) in [6.45, 7) is 2.71. The molecule has 0 fully saturated rings. The predicted molar refractivity (Wildman–Crippen MR) is 67.1 cm³/mol. The Morgan fingerprint density at radius 1 is 1.29 bits per heavy atom. The maximum absolute atomic E-state index is 5.29. The number of anilines is 1. The van der Waals surface area contributed by atoms with Gasteiger partial charge in [-0.2, -0.15) is 0 Å². The van der Waals surface area contributed by atoms with E-state index in [9.17, 15) is 0 Å². The minimum atomic E-state index is 0.655. The monoisotopic (exact) mass is 229 g/mol. The fourth-order valence-corrected chi connectivity index (χ4v) is 1.57. The Balaban J connectivity index is 2.11. The van der Waals surface area contributed by atoms with E-state index >= 15 is 0 Å². The molecule has 17 heavy (non-hydrogen) atoms. The van der Waals surface area contributed by atoms with Crippen LogP contribution >= 0.6 is 0 Å². The molecule has 1 heterocycles. The van der Waals surface area contributed by atoms with Gasteiger partial charge in [-0.25, -0.2) is 9.97 Å². The molecule has 1 N–H and O–H groups in total. The molecule has 0 bridgehead atoms. The van der Waals surface area contributed by atoms with Crippen molar-refractivity contribution in [2.24, 2.45) is 0 Å². The average molecular weight is 229 g/mol. The second-order valence-corrected chi connectivity index (χ2v) is 3.76. The van der Waals surface area contributed by atoms with Crippen LogP contribution in [0.25, 0.3) is 0 Å². The summed E-state index contributed by atoms with van der Waals surface area (Å²) in [5.41, 5.74) is 3.12. The van der Waals surface area contributed by atoms with Crippen LogP contribution in [-0.4, -0.2) is 17.1 Å². The van der Waals surface area contributed by atoms with Crippen LogP contribution < -0.4 is 10.1 Å². The van der Waals surface area contributed by atoms with Crippen LogP contribution in [0.5, 0.6) is 5.75 Å². The van der Waals surface area contributed by atoms with Crippen molar-refractivity contribution in [1.82, 2.24) is 9.97 Å². The number of ether oxygens (including phenoxy) is 1. The molecule has 2 aromatic rings. The molecule has 0 radical (unpaired) electrons. The van der Waals surface area contributed by atoms with Crippen LogP contribution in [-0.2, 0) is 6.54 Å². The zero-order chi connectivity index (χ0) is 12.1. The molecule has 4 nitrogen and oxygen atoms in total. The van der Waals surface area contributed by atoms with Gasteiger partial charge in [0.05, 0.1) is 25.0 Å². The molecular formula is C13H15N3O. The first-order chi connectivity index (χ1) is 8.29. The van der Waals surface area contributed by atoms with Crippen molar-refractivity contribution < 1.29 is 4.74 Å². The van der Waals surface area contributed by atoms with Gasteiger partial charge in [0.25, 0.3) is 0 Å². The Hall–Kier alpha value is -2.10. The number of nitrogens with zero attached hydrogens (tertiary/aromatic N) is 2. The smallest absolute Gasteiger partial charge is 0.141 e. The van der Waals surface area contributed by atoms with Crippen LogP contribution in [0.15, 0.2) is 36.8 Å². The lowest BCUT2D eigenvalue weighted by molar-refractivity contribution is 0.416. The Bertz CT molecular complexity index is 485. The number of hydrogen-bond acceptors (Lipinski definition) is 4. The van der Waals surface area contributed by atoms with Crippen molar-refractivity contribution in [3.63, 3.8) is 0 Å². The maximum atomic E-state index is 5.29. The van der Waals surface area contributed by atoms with E-state index in [2.05, 4.69) is 28.3 Å². The second-order valence-electron chi connectivity index (χ2n) is 3.76. The highest BCUT2D eigenvalue weighted by molar-refractivity contribution is 5.58. The SMILES string of the molecule is COc1ccc(C)cc1NCc1ccncn1. The normalized spacial score (nSPS) is 10.0. The van der Waals surface area contributed by atoms with Crippen molar-refractivity contribution in [1.29, 1.82) is 0 Å². The van der Waals surface area contributed by atoms with E-state index < -0.39 is 0 Å². The lowest BCUT2D eigenvalue weighted by Crippen LogP contribution is -2.03. The molecule has 0 aliphatic rings. The number of nitrogens with one attached hydrogen (secondary N) is 1. The summed E-state index contributed by atoms with van der Waals surface area (Å²) >= 11 is 0. The first-order valence-corrected chi connectivity index (χ1v) is 5.43. The molecule has 0 amide bonds. The summed E-state index contributed by atoms with van der Waals surface area (Å²) in [6.07, 6.45) is 3.28. The van der Waals surface area contributed by atoms with Gasteiger partial charge >= 0.3 is 0 Å². The molecule has 4 heteroatoms. The third-order valence-electron chi connectivity index (χ3n) is 2.46. The third kappa shape index (κ3) is 2.93. The standard InChI is InChI=1S/C13H15N3O/c1-10-3-4-13(17-2)12(7-10)15-8-11-5-6-14-9-16-11/h3-7,9,15H,8H2,1-2H3. The van der Waals surface area contributed by atoms with Crippen LogP contribution in [0.2, 0.25) is 0 Å². The zero-order valence-electron chi connectivity index (χ0n) is 9.97. The number of aromatic nitrogens is 2. The van der Waals surface area contributed by atoms with Gasteiger partial charge in [-0.1, -0.05) is 6.07 Å². The quantitative estimate of drug-likeness (QED) is 0.874. The second kappa shape index (κ2) is 5.30. The summed E-state index contributed by atoms with van der Waals surface area (Å²) in [5, 5.41) is 3.31. The molecule has 2 rings (SSSR count). The number of benzene rings is 1. The van der Waals surface area contributed by atoms with E-state index in [1.165, 1.54) is 5.56 Å². The Kier molecular flexibility index (Phi) is 3.55. The van der Waals surface area contributed by atoms with Gasteiger partial charge in [-0.3, -0.25) is 0 Å². The number of rotatable bonds is 4. The maximum Gasteiger partial charge on any atom is 0.141 e. The van der Waals surface area contributed by atoms with Crippen LogP contribution in [0.3, 0.4) is 0 Å². The summed E-state index contributed by atoms with van der Waals surface area (Å²) in [6, 6.07) is 7.92. The van der Waals surface area contributed by atoms with Gasteiger partial charge < -0.3 is 10.1 Å². The molecule has 0 saturated carbocycles. The molecule has 88 valence electrons. The van der Waals surface area contributed by atoms with Crippen LogP contribution in [0.1, 0.15) is 11.3 Å². The van der Waals surface area contributed by atoms with Crippen LogP contribution in [0.4, 0.5) is 5.69 Å². The Morgan fingerprint density at radius 3 is 2.88 bits per heavy atom. The highest BCUT2D eigenvalue weighted by atomic mass is 16.5. The average Bonchev–Trinajstić information content (AvgIpc) is 2.38. The van der Waals surface area contributed by atoms with Gasteiger partial charge in [-0.15, -0.1) is 0 Å². The third-order valence-corrected chi connectivity index (χ3v) is 2.46. The van der Waals surface area contributed by atoms with Gasteiger partial charge in [0.2, 0.25) is 0 Å². The van der Waals surface area contributed by atoms with E-state index in [0.717, 1.165) is 17.1 Å². The molecular weight excluding hydrogens is 214 g/mol. The molecule has 0 aliphatic carbocycles. The van der Waals surface area contributed by atoms with Gasteiger partial charge in [0.15, 0.2) is 0 Å². The Morgan fingerprint density at radius 2 is 2.18 bits per heavy atom. The fraction of sp³-hybridized carbons (Fsp3) is 0.231. The number of aryl methyl sites for hydroxylation is 1. The lowest BCUT2D eigenvalue weighted by atomic mass is 10.2. The van der Waals surface area contributed by atoms with Crippen molar-refractivity contribution >= 4 is 5.69 Å². The highest BCUT2D eigenvalue weighted by Crippen LogP contribution is 2.25. The van der Waals surface area contributed by atoms with E-state index in [0.29, 0.717) is 6.54 Å². The van der Waals surface area contributed by atoms with E-state index in [4.69, 9.17) is 4.74 Å². The molecule has 0 spiro atoms. The molecule has 0 unspecified atom stereocenters. The van der Waals surface area contributed by atoms with Crippen molar-refractivity contribution in [2.75, 3.05) is 12.4 Å². The largest absolute Gasteiger partial charge is 0.495 e. The minimum Gasteiger partial charge on any atom is -0.495 e. The van der Waals surface area contributed by atoms with Crippen molar-refractivity contribution in [3.8, 4) is 5.75 Å². The van der Waals surface area contributed by atoms with Gasteiger partial charge in [0, 0.05) is 6.20 Å². The molecule has 0 atom stereocenters. The molecule has 1 aromatic heterocycles. The number of methoxy groups -OCH3 is 1. The van der Waals surface area contributed by atoms with E-state index in [1.807, 2.05) is 18.2 Å². The van der Waals surface area contributed by atoms with E-state index in [1.54, 1.807) is 19.6 Å². The lowest BCUT2D eigenvalue weighted by Gasteiger charge is -2.11. The van der Waals surface area contributed by atoms with Gasteiger partial charge in [-0.05, 0) is 30.7 Å². The van der Waals surface area contributed by atoms with Crippen molar-refractivity contribution in [2.45, 2.75) is 13.5 Å². The fourth-order valence-electron chi connectivity index (χ4n) is 1.57. The summed E-state index contributed by atoms with van der Waals surface area (Å²) in [5.74, 6) is 0.838. The predicted octanol–water partition coefficient (Wildman–Crippen LogP) is 2.41. The summed E-state index contributed by atoms with van der Waals surface area (Å²) in [7, 11) is 1.67. The highest BCUT2D eigenvalue weighted by Gasteiger charge is 2.02. The molecule has 0 aliphatic heterocycles. The molecule has 0 saturated heterocycles. The molecule has 1 aromatic carbocycles. The first kappa shape index (κ1) is 11.4. The summed E-state index contributed by atoms with van der Waals surface area (Å²) in [4.78, 5) is 8.04. The minimum absolute atomic E-state index is 0.655. The summed E-state index contributed by atoms with van der Waals surface area (Å²) < 4.78 is 5.29. The van der Waals surface area contributed by atoms with Crippen molar-refractivity contribution in [3.05, 3.63) is 48.0 Å². The van der Waals surface area contributed by atoms with Crippen LogP contribution in [0, 0.1) is 6.92 Å². The topological polar surface area (TPSA) is 47.0 Å². The first-order valence-electron chi connectivity index (χ1n) is 5.43. The number of hydrogen-bond donors (Lipinski definition) is 1. The Labute approximate surface area is 101 Å².